The standard InChI is InChI=1S/C20H24N4O2/c1-25-19-6-7-20(26-15-18-5-2-3-9-23-18)17(13-19)14-21-8-4-11-24-12-10-22-16-24/h2-3,5-7,9-10,12-13,16,21H,4,8,11,14-15H2,1H3. The Kier molecular flexibility index (Phi) is 6.61. The maximum Gasteiger partial charge on any atom is 0.130 e. The molecule has 0 aliphatic carbocycles. The fourth-order valence-corrected chi connectivity index (χ4v) is 2.63. The molecule has 0 aliphatic heterocycles. The van der Waals surface area contributed by atoms with E-state index in [1.165, 1.54) is 0 Å². The Balaban J connectivity index is 1.53. The van der Waals surface area contributed by atoms with Crippen molar-refractivity contribution in [3.63, 3.8) is 0 Å². The minimum Gasteiger partial charge on any atom is -0.497 e. The number of ether oxygens (including phenoxy) is 2. The third-order valence-corrected chi connectivity index (χ3v) is 4.01. The van der Waals surface area contributed by atoms with Gasteiger partial charge in [0.15, 0.2) is 0 Å². The van der Waals surface area contributed by atoms with Gasteiger partial charge >= 0.3 is 0 Å². The summed E-state index contributed by atoms with van der Waals surface area (Å²) in [4.78, 5) is 8.35. The number of nitrogens with one attached hydrogen (secondary N) is 1. The molecule has 0 aliphatic rings. The van der Waals surface area contributed by atoms with Crippen LogP contribution < -0.4 is 14.8 Å². The van der Waals surface area contributed by atoms with E-state index in [0.717, 1.165) is 48.8 Å². The number of rotatable bonds is 10. The van der Waals surface area contributed by atoms with Gasteiger partial charge in [-0.2, -0.15) is 0 Å². The van der Waals surface area contributed by atoms with Crippen molar-refractivity contribution in [1.82, 2.24) is 19.9 Å². The number of aromatic nitrogens is 3. The maximum atomic E-state index is 5.97. The Morgan fingerprint density at radius 1 is 1.15 bits per heavy atom. The van der Waals surface area contributed by atoms with Crippen LogP contribution in [0.25, 0.3) is 0 Å². The van der Waals surface area contributed by atoms with Crippen LogP contribution in [0.4, 0.5) is 0 Å². The molecular formula is C20H24N4O2. The molecule has 1 aromatic carbocycles. The SMILES string of the molecule is COc1ccc(OCc2ccccn2)c(CNCCCn2ccnc2)c1. The number of methoxy groups -OCH3 is 1. The van der Waals surface area contributed by atoms with Gasteiger partial charge < -0.3 is 19.4 Å². The predicted octanol–water partition coefficient (Wildman–Crippen LogP) is 3.05. The molecule has 0 amide bonds. The third-order valence-electron chi connectivity index (χ3n) is 4.01. The largest absolute Gasteiger partial charge is 0.497 e. The molecule has 1 N–H and O–H groups in total. The first-order valence-corrected chi connectivity index (χ1v) is 8.71. The fraction of sp³-hybridized carbons (Fsp3) is 0.300. The third kappa shape index (κ3) is 5.32. The van der Waals surface area contributed by atoms with Crippen molar-refractivity contribution >= 4 is 0 Å². The molecule has 6 heteroatoms. The molecule has 3 rings (SSSR count). The molecule has 6 nitrogen and oxygen atoms in total. The lowest BCUT2D eigenvalue weighted by Crippen LogP contribution is -2.17. The molecule has 3 aromatic rings. The van der Waals surface area contributed by atoms with Crippen LogP contribution in [0, 0.1) is 0 Å². The fourth-order valence-electron chi connectivity index (χ4n) is 2.63. The monoisotopic (exact) mass is 352 g/mol. The van der Waals surface area contributed by atoms with Crippen molar-refractivity contribution in [2.45, 2.75) is 26.1 Å². The van der Waals surface area contributed by atoms with Crippen LogP contribution in [-0.4, -0.2) is 28.2 Å². The van der Waals surface area contributed by atoms with Gasteiger partial charge in [0.2, 0.25) is 0 Å². The van der Waals surface area contributed by atoms with Crippen molar-refractivity contribution in [2.75, 3.05) is 13.7 Å². The number of imidazole rings is 1. The molecule has 0 bridgehead atoms. The van der Waals surface area contributed by atoms with E-state index in [1.807, 2.05) is 48.9 Å². The summed E-state index contributed by atoms with van der Waals surface area (Å²) in [5, 5.41) is 3.47. The zero-order valence-electron chi connectivity index (χ0n) is 15.0. The molecular weight excluding hydrogens is 328 g/mol. The minimum atomic E-state index is 0.445. The highest BCUT2D eigenvalue weighted by Gasteiger charge is 2.07. The molecule has 0 saturated carbocycles. The van der Waals surface area contributed by atoms with Crippen LogP contribution in [0.5, 0.6) is 11.5 Å². The molecule has 0 fully saturated rings. The maximum absolute atomic E-state index is 5.97. The zero-order chi connectivity index (χ0) is 18.0. The lowest BCUT2D eigenvalue weighted by atomic mass is 10.2. The lowest BCUT2D eigenvalue weighted by Gasteiger charge is -2.14. The van der Waals surface area contributed by atoms with E-state index in [0.29, 0.717) is 6.61 Å². The van der Waals surface area contributed by atoms with Crippen molar-refractivity contribution in [2.24, 2.45) is 0 Å². The Hall–Kier alpha value is -2.86. The van der Waals surface area contributed by atoms with Gasteiger partial charge in [0.1, 0.15) is 18.1 Å². The highest BCUT2D eigenvalue weighted by Crippen LogP contribution is 2.25. The van der Waals surface area contributed by atoms with Crippen LogP contribution in [0.15, 0.2) is 61.3 Å². The molecule has 2 aromatic heterocycles. The second kappa shape index (κ2) is 9.58. The summed E-state index contributed by atoms with van der Waals surface area (Å²) in [7, 11) is 1.67. The van der Waals surface area contributed by atoms with Crippen LogP contribution in [-0.2, 0) is 19.7 Å². The number of hydrogen-bond acceptors (Lipinski definition) is 5. The van der Waals surface area contributed by atoms with E-state index in [9.17, 15) is 0 Å². The molecule has 0 atom stereocenters. The van der Waals surface area contributed by atoms with Gasteiger partial charge in [0.05, 0.1) is 19.1 Å². The quantitative estimate of drug-likeness (QED) is 0.568. The highest BCUT2D eigenvalue weighted by molar-refractivity contribution is 5.40. The first-order valence-electron chi connectivity index (χ1n) is 8.71. The second-order valence-corrected chi connectivity index (χ2v) is 5.91. The first-order chi connectivity index (χ1) is 12.8. The van der Waals surface area contributed by atoms with E-state index in [1.54, 1.807) is 19.5 Å². The molecule has 0 saturated heterocycles. The molecule has 2 heterocycles. The molecule has 0 radical (unpaired) electrons. The predicted molar refractivity (Wildman–Crippen MR) is 100 cm³/mol. The van der Waals surface area contributed by atoms with Crippen molar-refractivity contribution in [1.29, 1.82) is 0 Å². The highest BCUT2D eigenvalue weighted by atomic mass is 16.5. The van der Waals surface area contributed by atoms with Gasteiger partial charge in [-0.1, -0.05) is 6.07 Å². The van der Waals surface area contributed by atoms with Gasteiger partial charge in [0.25, 0.3) is 0 Å². The Morgan fingerprint density at radius 3 is 2.88 bits per heavy atom. The lowest BCUT2D eigenvalue weighted by molar-refractivity contribution is 0.296. The van der Waals surface area contributed by atoms with Gasteiger partial charge in [0, 0.05) is 37.2 Å². The Morgan fingerprint density at radius 2 is 2.12 bits per heavy atom. The number of hydrogen-bond donors (Lipinski definition) is 1. The van der Waals surface area contributed by atoms with Crippen molar-refractivity contribution in [3.05, 3.63) is 72.6 Å². The first kappa shape index (κ1) is 17.9. The summed E-state index contributed by atoms with van der Waals surface area (Å²) in [5.41, 5.74) is 1.98. The van der Waals surface area contributed by atoms with Crippen LogP contribution in [0.2, 0.25) is 0 Å². The molecule has 136 valence electrons. The summed E-state index contributed by atoms with van der Waals surface area (Å²) in [6.45, 7) is 3.03. The van der Waals surface area contributed by atoms with Crippen molar-refractivity contribution < 1.29 is 9.47 Å². The Bertz CT molecular complexity index is 776. The van der Waals surface area contributed by atoms with Crippen LogP contribution >= 0.6 is 0 Å². The van der Waals surface area contributed by atoms with E-state index < -0.39 is 0 Å². The van der Waals surface area contributed by atoms with Gasteiger partial charge in [-0.25, -0.2) is 4.98 Å². The summed E-state index contributed by atoms with van der Waals surface area (Å²) < 4.78 is 13.4. The summed E-state index contributed by atoms with van der Waals surface area (Å²) in [6, 6.07) is 11.7. The van der Waals surface area contributed by atoms with Gasteiger partial charge in [-0.05, 0) is 43.3 Å². The number of aryl methyl sites for hydroxylation is 1. The molecule has 0 spiro atoms. The van der Waals surface area contributed by atoms with E-state index in [2.05, 4.69) is 19.9 Å². The Labute approximate surface area is 153 Å². The summed E-state index contributed by atoms with van der Waals surface area (Å²) >= 11 is 0. The topological polar surface area (TPSA) is 61.2 Å². The second-order valence-electron chi connectivity index (χ2n) is 5.91. The van der Waals surface area contributed by atoms with E-state index in [-0.39, 0.29) is 0 Å². The van der Waals surface area contributed by atoms with Gasteiger partial charge in [-0.15, -0.1) is 0 Å². The minimum absolute atomic E-state index is 0.445. The average molecular weight is 352 g/mol. The summed E-state index contributed by atoms with van der Waals surface area (Å²) in [6.07, 6.45) is 8.42. The van der Waals surface area contributed by atoms with Crippen LogP contribution in [0.3, 0.4) is 0 Å². The normalized spacial score (nSPS) is 10.7. The zero-order valence-corrected chi connectivity index (χ0v) is 15.0. The van der Waals surface area contributed by atoms with Crippen molar-refractivity contribution in [3.8, 4) is 11.5 Å². The van der Waals surface area contributed by atoms with Gasteiger partial charge in [-0.3, -0.25) is 4.98 Å². The van der Waals surface area contributed by atoms with E-state index >= 15 is 0 Å². The number of pyridine rings is 1. The van der Waals surface area contributed by atoms with Crippen LogP contribution in [0.1, 0.15) is 17.7 Å². The smallest absolute Gasteiger partial charge is 0.130 e. The number of nitrogens with zero attached hydrogens (tertiary/aromatic N) is 3. The summed E-state index contributed by atoms with van der Waals surface area (Å²) in [5.74, 6) is 1.67. The van der Waals surface area contributed by atoms with E-state index in [4.69, 9.17) is 9.47 Å². The average Bonchev–Trinajstić information content (AvgIpc) is 3.21. The molecule has 0 unspecified atom stereocenters. The number of benzene rings is 1. The molecule has 26 heavy (non-hydrogen) atoms.